The van der Waals surface area contributed by atoms with Crippen molar-refractivity contribution in [2.45, 2.75) is 12.8 Å². The molecule has 0 atom stereocenters. The van der Waals surface area contributed by atoms with Crippen molar-refractivity contribution in [2.24, 2.45) is 0 Å². The lowest BCUT2D eigenvalue weighted by molar-refractivity contribution is -0.130. The highest BCUT2D eigenvalue weighted by Gasteiger charge is 2.07. The zero-order valence-electron chi connectivity index (χ0n) is 11.4. The number of aryl methyl sites for hydroxylation is 1. The third-order valence-corrected chi connectivity index (χ3v) is 2.94. The van der Waals surface area contributed by atoms with E-state index >= 15 is 0 Å². The number of carbonyl (C=O) groups is 1. The van der Waals surface area contributed by atoms with Crippen molar-refractivity contribution in [3.8, 4) is 0 Å². The smallest absolute Gasteiger partial charge is 0.222 e. The molecule has 0 saturated heterocycles. The van der Waals surface area contributed by atoms with Crippen LogP contribution in [-0.2, 0) is 11.2 Å². The van der Waals surface area contributed by atoms with Crippen LogP contribution in [-0.4, -0.2) is 50.2 Å². The van der Waals surface area contributed by atoms with Crippen molar-refractivity contribution in [1.82, 2.24) is 4.90 Å². The summed E-state index contributed by atoms with van der Waals surface area (Å²) in [5.74, 6) is 0.0701. The lowest BCUT2D eigenvalue weighted by Gasteiger charge is -2.16. The molecule has 0 aliphatic rings. The Morgan fingerprint density at radius 3 is 2.28 bits per heavy atom. The number of carbonyl (C=O) groups excluding carboxylic acids is 1. The maximum atomic E-state index is 11.7. The summed E-state index contributed by atoms with van der Waals surface area (Å²) in [6, 6.07) is 8.21. The number of likely N-dealkylation sites (N-methyl/N-ethyl adjacent to an activating group) is 1. The van der Waals surface area contributed by atoms with Crippen molar-refractivity contribution in [3.63, 3.8) is 0 Å². The largest absolute Gasteiger partial charge is 0.395 e. The van der Waals surface area contributed by atoms with Crippen LogP contribution in [0.1, 0.15) is 12.0 Å². The van der Waals surface area contributed by atoms with E-state index in [1.165, 1.54) is 0 Å². The molecule has 1 aromatic rings. The molecule has 1 amide bonds. The maximum absolute atomic E-state index is 11.7. The lowest BCUT2D eigenvalue weighted by atomic mass is 10.1. The van der Waals surface area contributed by atoms with Crippen LogP contribution < -0.4 is 4.90 Å². The normalized spacial score (nSPS) is 10.2. The van der Waals surface area contributed by atoms with Crippen LogP contribution in [0.5, 0.6) is 0 Å². The molecule has 100 valence electrons. The first-order valence-corrected chi connectivity index (χ1v) is 6.15. The van der Waals surface area contributed by atoms with E-state index in [1.807, 2.05) is 19.0 Å². The number of aliphatic hydroxyl groups is 1. The molecule has 18 heavy (non-hydrogen) atoms. The minimum absolute atomic E-state index is 0.0137. The van der Waals surface area contributed by atoms with Crippen molar-refractivity contribution < 1.29 is 9.90 Å². The van der Waals surface area contributed by atoms with Crippen molar-refractivity contribution in [3.05, 3.63) is 29.8 Å². The van der Waals surface area contributed by atoms with Gasteiger partial charge in [0.2, 0.25) is 5.91 Å². The molecule has 0 aliphatic heterocycles. The summed E-state index contributed by atoms with van der Waals surface area (Å²) in [5, 5.41) is 8.75. The fourth-order valence-corrected chi connectivity index (χ4v) is 1.68. The van der Waals surface area contributed by atoms with E-state index in [9.17, 15) is 4.79 Å². The van der Waals surface area contributed by atoms with Gasteiger partial charge in [-0.1, -0.05) is 12.1 Å². The summed E-state index contributed by atoms with van der Waals surface area (Å²) >= 11 is 0. The Morgan fingerprint density at radius 2 is 1.78 bits per heavy atom. The molecule has 0 saturated carbocycles. The molecular weight excluding hydrogens is 228 g/mol. The van der Waals surface area contributed by atoms with Gasteiger partial charge in [0.05, 0.1) is 6.61 Å². The molecule has 0 bridgehead atoms. The summed E-state index contributed by atoms with van der Waals surface area (Å²) < 4.78 is 0. The van der Waals surface area contributed by atoms with Crippen LogP contribution in [0.4, 0.5) is 5.69 Å². The summed E-state index contributed by atoms with van der Waals surface area (Å²) in [4.78, 5) is 15.3. The van der Waals surface area contributed by atoms with Crippen LogP contribution in [0.15, 0.2) is 24.3 Å². The van der Waals surface area contributed by atoms with Crippen molar-refractivity contribution in [1.29, 1.82) is 0 Å². The maximum Gasteiger partial charge on any atom is 0.222 e. The Morgan fingerprint density at radius 1 is 1.17 bits per heavy atom. The minimum atomic E-state index is 0.0137. The van der Waals surface area contributed by atoms with Crippen LogP contribution in [0.2, 0.25) is 0 Å². The molecular formula is C14H22N2O2. The Labute approximate surface area is 109 Å². The number of nitrogens with zero attached hydrogens (tertiary/aromatic N) is 2. The Bertz CT molecular complexity index is 374. The van der Waals surface area contributed by atoms with Crippen LogP contribution in [0.25, 0.3) is 0 Å². The van der Waals surface area contributed by atoms with Gasteiger partial charge in [0.15, 0.2) is 0 Å². The Hall–Kier alpha value is -1.55. The van der Waals surface area contributed by atoms with Crippen LogP contribution in [0.3, 0.4) is 0 Å². The molecule has 0 unspecified atom stereocenters. The molecule has 0 fully saturated rings. The fourth-order valence-electron chi connectivity index (χ4n) is 1.68. The highest BCUT2D eigenvalue weighted by Crippen LogP contribution is 2.13. The van der Waals surface area contributed by atoms with Crippen LogP contribution >= 0.6 is 0 Å². The molecule has 1 rings (SSSR count). The number of hydrogen-bond donors (Lipinski definition) is 1. The standard InChI is InChI=1S/C14H22N2O2/c1-15(2)13-7-4-12(5-8-13)6-9-14(18)16(3)10-11-17/h4-5,7-8,17H,6,9-11H2,1-3H3. The van der Waals surface area contributed by atoms with Gasteiger partial charge >= 0.3 is 0 Å². The predicted molar refractivity (Wildman–Crippen MR) is 73.8 cm³/mol. The average molecular weight is 250 g/mol. The van der Waals surface area contributed by atoms with Gasteiger partial charge in [-0.15, -0.1) is 0 Å². The number of aliphatic hydroxyl groups excluding tert-OH is 1. The van der Waals surface area contributed by atoms with E-state index in [4.69, 9.17) is 5.11 Å². The summed E-state index contributed by atoms with van der Waals surface area (Å²) in [6.45, 7) is 0.415. The summed E-state index contributed by atoms with van der Waals surface area (Å²) in [5.41, 5.74) is 2.31. The highest BCUT2D eigenvalue weighted by atomic mass is 16.3. The SMILES string of the molecule is CN(CCO)C(=O)CCc1ccc(N(C)C)cc1. The lowest BCUT2D eigenvalue weighted by Crippen LogP contribution is -2.29. The van der Waals surface area contributed by atoms with Crippen LogP contribution in [0, 0.1) is 0 Å². The molecule has 0 aliphatic carbocycles. The van der Waals surface area contributed by atoms with Gasteiger partial charge in [0, 0.05) is 39.8 Å². The summed E-state index contributed by atoms with van der Waals surface area (Å²) in [7, 11) is 5.72. The molecule has 4 nitrogen and oxygen atoms in total. The first-order chi connectivity index (χ1) is 8.54. The molecule has 1 aromatic carbocycles. The van der Waals surface area contributed by atoms with Gasteiger partial charge in [-0.2, -0.15) is 0 Å². The topological polar surface area (TPSA) is 43.8 Å². The van der Waals surface area contributed by atoms with Gasteiger partial charge < -0.3 is 14.9 Å². The van der Waals surface area contributed by atoms with Crippen molar-refractivity contribution >= 4 is 11.6 Å². The number of rotatable bonds is 6. The third-order valence-electron chi connectivity index (χ3n) is 2.94. The first kappa shape index (κ1) is 14.5. The van der Waals surface area contributed by atoms with Crippen molar-refractivity contribution in [2.75, 3.05) is 39.2 Å². The second-order valence-corrected chi connectivity index (χ2v) is 4.60. The quantitative estimate of drug-likeness (QED) is 0.823. The van der Waals surface area contributed by atoms with E-state index in [2.05, 4.69) is 24.3 Å². The van der Waals surface area contributed by atoms with E-state index < -0.39 is 0 Å². The number of anilines is 1. The molecule has 0 heterocycles. The van der Waals surface area contributed by atoms with Gasteiger partial charge in [0.1, 0.15) is 0 Å². The van der Waals surface area contributed by atoms with E-state index in [1.54, 1.807) is 11.9 Å². The Balaban J connectivity index is 2.46. The zero-order valence-corrected chi connectivity index (χ0v) is 11.4. The second kappa shape index (κ2) is 7.01. The fraction of sp³-hybridized carbons (Fsp3) is 0.500. The number of benzene rings is 1. The van der Waals surface area contributed by atoms with Gasteiger partial charge in [-0.05, 0) is 24.1 Å². The molecule has 0 radical (unpaired) electrons. The molecule has 1 N–H and O–H groups in total. The molecule has 4 heteroatoms. The predicted octanol–water partition coefficient (Wildman–Crippen LogP) is 1.14. The Kier molecular flexibility index (Phi) is 5.65. The number of amides is 1. The average Bonchev–Trinajstić information content (AvgIpc) is 2.36. The zero-order chi connectivity index (χ0) is 13.5. The highest BCUT2D eigenvalue weighted by molar-refractivity contribution is 5.76. The molecule has 0 aromatic heterocycles. The van der Waals surface area contributed by atoms with Gasteiger partial charge in [-0.25, -0.2) is 0 Å². The van der Waals surface area contributed by atoms with E-state index in [0.29, 0.717) is 13.0 Å². The first-order valence-electron chi connectivity index (χ1n) is 6.15. The van der Waals surface area contributed by atoms with Gasteiger partial charge in [0.25, 0.3) is 0 Å². The van der Waals surface area contributed by atoms with E-state index in [-0.39, 0.29) is 12.5 Å². The van der Waals surface area contributed by atoms with Gasteiger partial charge in [-0.3, -0.25) is 4.79 Å². The van der Waals surface area contributed by atoms with E-state index in [0.717, 1.165) is 17.7 Å². The monoisotopic (exact) mass is 250 g/mol. The number of hydrogen-bond acceptors (Lipinski definition) is 3. The summed E-state index contributed by atoms with van der Waals surface area (Å²) in [6.07, 6.45) is 1.22. The third kappa shape index (κ3) is 4.37. The second-order valence-electron chi connectivity index (χ2n) is 4.60. The minimum Gasteiger partial charge on any atom is -0.395 e. The molecule has 0 spiro atoms.